The lowest BCUT2D eigenvalue weighted by molar-refractivity contribution is 0.0951. The molecule has 0 bridgehead atoms. The first-order valence-corrected chi connectivity index (χ1v) is 6.80. The largest absolute Gasteiger partial charge is 0.384 e. The van der Waals surface area contributed by atoms with Crippen LogP contribution >= 0.6 is 11.6 Å². The normalized spacial score (nSPS) is 9.62. The number of hydrogen-bond acceptors (Lipinski definition) is 2. The van der Waals surface area contributed by atoms with E-state index in [1.165, 1.54) is 0 Å². The van der Waals surface area contributed by atoms with Crippen LogP contribution in [0.2, 0.25) is 5.02 Å². The third kappa shape index (κ3) is 4.35. The molecule has 2 rings (SSSR count). The molecule has 0 atom stereocenters. The van der Waals surface area contributed by atoms with Gasteiger partial charge in [0.1, 0.15) is 6.61 Å². The van der Waals surface area contributed by atoms with Crippen molar-refractivity contribution in [3.8, 4) is 11.8 Å². The van der Waals surface area contributed by atoms with Crippen LogP contribution in [0.4, 0.5) is 0 Å². The fourth-order valence-electron chi connectivity index (χ4n) is 1.84. The molecule has 0 heterocycles. The van der Waals surface area contributed by atoms with Gasteiger partial charge in [-0.25, -0.2) is 0 Å². The SMILES string of the molecule is O=C(NCc1ccccc1C#CCO)c1cccc(Cl)c1. The number of halogens is 1. The highest BCUT2D eigenvalue weighted by molar-refractivity contribution is 6.30. The number of carbonyl (C=O) groups excluding carboxylic acids is 1. The summed E-state index contributed by atoms with van der Waals surface area (Å²) in [5.74, 6) is 5.28. The van der Waals surface area contributed by atoms with Crippen LogP contribution in [0.5, 0.6) is 0 Å². The molecule has 4 heteroatoms. The minimum absolute atomic E-state index is 0.191. The number of hydrogen-bond donors (Lipinski definition) is 2. The van der Waals surface area contributed by atoms with Gasteiger partial charge in [-0.2, -0.15) is 0 Å². The third-order valence-corrected chi connectivity index (χ3v) is 3.08. The molecule has 0 aliphatic heterocycles. The number of carbonyl (C=O) groups is 1. The zero-order valence-electron chi connectivity index (χ0n) is 11.3. The van der Waals surface area contributed by atoms with E-state index in [9.17, 15) is 4.79 Å². The summed E-state index contributed by atoms with van der Waals surface area (Å²) < 4.78 is 0. The van der Waals surface area contributed by atoms with Crippen LogP contribution in [0, 0.1) is 11.8 Å². The average Bonchev–Trinajstić information content (AvgIpc) is 2.51. The summed E-state index contributed by atoms with van der Waals surface area (Å²) in [6, 6.07) is 14.3. The van der Waals surface area contributed by atoms with Gasteiger partial charge in [-0.3, -0.25) is 4.79 Å². The van der Waals surface area contributed by atoms with Crippen molar-refractivity contribution in [2.45, 2.75) is 6.54 Å². The van der Waals surface area contributed by atoms with Crippen LogP contribution < -0.4 is 5.32 Å². The van der Waals surface area contributed by atoms with Crippen LogP contribution in [0.3, 0.4) is 0 Å². The Kier molecular flexibility index (Phi) is 5.39. The van der Waals surface area contributed by atoms with E-state index < -0.39 is 0 Å². The minimum Gasteiger partial charge on any atom is -0.384 e. The lowest BCUT2D eigenvalue weighted by atomic mass is 10.1. The molecule has 2 aromatic carbocycles. The monoisotopic (exact) mass is 299 g/mol. The van der Waals surface area contributed by atoms with Crippen molar-refractivity contribution in [1.82, 2.24) is 5.32 Å². The Labute approximate surface area is 128 Å². The molecule has 0 saturated carbocycles. The van der Waals surface area contributed by atoms with Gasteiger partial charge in [-0.1, -0.05) is 47.7 Å². The lowest BCUT2D eigenvalue weighted by Crippen LogP contribution is -2.23. The number of nitrogens with one attached hydrogen (secondary N) is 1. The number of rotatable bonds is 3. The zero-order valence-corrected chi connectivity index (χ0v) is 12.0. The smallest absolute Gasteiger partial charge is 0.251 e. The summed E-state index contributed by atoms with van der Waals surface area (Å²) in [4.78, 5) is 12.0. The van der Waals surface area contributed by atoms with Crippen LogP contribution in [-0.4, -0.2) is 17.6 Å². The molecule has 0 aliphatic rings. The molecule has 0 radical (unpaired) electrons. The van der Waals surface area contributed by atoms with Gasteiger partial charge in [0.05, 0.1) is 0 Å². The van der Waals surface area contributed by atoms with Gasteiger partial charge in [0.15, 0.2) is 0 Å². The van der Waals surface area contributed by atoms with Gasteiger partial charge in [0, 0.05) is 22.7 Å². The van der Waals surface area contributed by atoms with Crippen LogP contribution in [-0.2, 0) is 6.54 Å². The van der Waals surface area contributed by atoms with Gasteiger partial charge in [0.25, 0.3) is 5.91 Å². The maximum absolute atomic E-state index is 12.0. The lowest BCUT2D eigenvalue weighted by Gasteiger charge is -2.07. The quantitative estimate of drug-likeness (QED) is 0.856. The minimum atomic E-state index is -0.192. The molecular weight excluding hydrogens is 286 g/mol. The highest BCUT2D eigenvalue weighted by atomic mass is 35.5. The van der Waals surface area contributed by atoms with E-state index >= 15 is 0 Å². The van der Waals surface area contributed by atoms with Crippen LogP contribution in [0.15, 0.2) is 48.5 Å². The number of aliphatic hydroxyl groups is 1. The molecule has 1 amide bonds. The number of amides is 1. The van der Waals surface area contributed by atoms with Crippen molar-refractivity contribution in [3.05, 3.63) is 70.2 Å². The van der Waals surface area contributed by atoms with Gasteiger partial charge in [-0.15, -0.1) is 0 Å². The van der Waals surface area contributed by atoms with Crippen molar-refractivity contribution in [2.24, 2.45) is 0 Å². The number of aliphatic hydroxyl groups excluding tert-OH is 1. The van der Waals surface area contributed by atoms with Crippen LogP contribution in [0.1, 0.15) is 21.5 Å². The average molecular weight is 300 g/mol. The molecule has 2 aromatic rings. The second-order valence-corrected chi connectivity index (χ2v) is 4.75. The Balaban J connectivity index is 2.08. The number of benzene rings is 2. The summed E-state index contributed by atoms with van der Waals surface area (Å²) in [6.07, 6.45) is 0. The van der Waals surface area contributed by atoms with Crippen molar-refractivity contribution < 1.29 is 9.90 Å². The van der Waals surface area contributed by atoms with E-state index in [2.05, 4.69) is 17.2 Å². The molecule has 0 saturated heterocycles. The molecule has 2 N–H and O–H groups in total. The van der Waals surface area contributed by atoms with Crippen molar-refractivity contribution in [3.63, 3.8) is 0 Å². The molecule has 0 spiro atoms. The van der Waals surface area contributed by atoms with Crippen molar-refractivity contribution in [2.75, 3.05) is 6.61 Å². The Bertz CT molecular complexity index is 701. The van der Waals surface area contributed by atoms with Crippen molar-refractivity contribution >= 4 is 17.5 Å². The Morgan fingerprint density at radius 1 is 1.19 bits per heavy atom. The maximum atomic E-state index is 12.0. The summed E-state index contributed by atoms with van der Waals surface area (Å²) in [6.45, 7) is 0.171. The van der Waals surface area contributed by atoms with Crippen LogP contribution in [0.25, 0.3) is 0 Å². The summed E-state index contributed by atoms with van der Waals surface area (Å²) in [7, 11) is 0. The molecule has 0 fully saturated rings. The third-order valence-electron chi connectivity index (χ3n) is 2.85. The summed E-state index contributed by atoms with van der Waals surface area (Å²) in [5.41, 5.74) is 2.20. The van der Waals surface area contributed by atoms with Gasteiger partial charge >= 0.3 is 0 Å². The fourth-order valence-corrected chi connectivity index (χ4v) is 2.03. The maximum Gasteiger partial charge on any atom is 0.251 e. The Morgan fingerprint density at radius 2 is 2.00 bits per heavy atom. The molecule has 0 unspecified atom stereocenters. The highest BCUT2D eigenvalue weighted by Crippen LogP contribution is 2.11. The summed E-state index contributed by atoms with van der Waals surface area (Å²) in [5, 5.41) is 12.1. The molecular formula is C17H14ClNO2. The van der Waals surface area contributed by atoms with E-state index in [0.29, 0.717) is 17.1 Å². The van der Waals surface area contributed by atoms with Gasteiger partial charge < -0.3 is 10.4 Å². The molecule has 3 nitrogen and oxygen atoms in total. The first-order valence-electron chi connectivity index (χ1n) is 6.42. The van der Waals surface area contributed by atoms with E-state index in [1.54, 1.807) is 24.3 Å². The standard InChI is InChI=1S/C17H14ClNO2/c18-16-9-3-7-14(11-16)17(21)19-12-15-6-2-1-5-13(15)8-4-10-20/h1-3,5-7,9,11,20H,10,12H2,(H,19,21). The molecule has 0 aliphatic carbocycles. The first-order chi connectivity index (χ1) is 10.2. The van der Waals surface area contributed by atoms with E-state index in [-0.39, 0.29) is 12.5 Å². The predicted molar refractivity (Wildman–Crippen MR) is 83.0 cm³/mol. The Morgan fingerprint density at radius 3 is 2.76 bits per heavy atom. The zero-order chi connectivity index (χ0) is 15.1. The van der Waals surface area contributed by atoms with E-state index in [0.717, 1.165) is 11.1 Å². The van der Waals surface area contributed by atoms with E-state index in [4.69, 9.17) is 16.7 Å². The van der Waals surface area contributed by atoms with Gasteiger partial charge in [-0.05, 0) is 29.8 Å². The first kappa shape index (κ1) is 15.1. The predicted octanol–water partition coefficient (Wildman–Crippen LogP) is 2.61. The molecule has 0 aromatic heterocycles. The van der Waals surface area contributed by atoms with Gasteiger partial charge in [0.2, 0.25) is 0 Å². The fraction of sp³-hybridized carbons (Fsp3) is 0.118. The molecule has 21 heavy (non-hydrogen) atoms. The Hall–Kier alpha value is -2.28. The highest BCUT2D eigenvalue weighted by Gasteiger charge is 2.06. The van der Waals surface area contributed by atoms with Crippen molar-refractivity contribution in [1.29, 1.82) is 0 Å². The second kappa shape index (κ2) is 7.49. The summed E-state index contributed by atoms with van der Waals surface area (Å²) >= 11 is 5.87. The topological polar surface area (TPSA) is 49.3 Å². The van der Waals surface area contributed by atoms with E-state index in [1.807, 2.05) is 24.3 Å². The molecule has 106 valence electrons. The second-order valence-electron chi connectivity index (χ2n) is 4.31.